The van der Waals surface area contributed by atoms with Crippen LogP contribution in [0, 0.1) is 16.0 Å². The summed E-state index contributed by atoms with van der Waals surface area (Å²) in [6, 6.07) is 14.3. The SMILES string of the molecule is CC1CCN(c2ccc(NC(=O)CCNc3ccccc3[N+](=O)[O-])cc2)C1. The molecule has 1 amide bonds. The number of anilines is 3. The lowest BCUT2D eigenvalue weighted by molar-refractivity contribution is -0.384. The molecule has 0 aliphatic carbocycles. The molecule has 7 nitrogen and oxygen atoms in total. The zero-order valence-corrected chi connectivity index (χ0v) is 15.4. The van der Waals surface area contributed by atoms with Crippen molar-refractivity contribution < 1.29 is 9.72 Å². The maximum Gasteiger partial charge on any atom is 0.292 e. The maximum absolute atomic E-state index is 12.1. The number of benzene rings is 2. The number of nitrogens with zero attached hydrogens (tertiary/aromatic N) is 2. The van der Waals surface area contributed by atoms with E-state index in [2.05, 4.69) is 22.5 Å². The van der Waals surface area contributed by atoms with Crippen LogP contribution in [-0.4, -0.2) is 30.5 Å². The lowest BCUT2D eigenvalue weighted by Crippen LogP contribution is -2.19. The van der Waals surface area contributed by atoms with E-state index in [0.717, 1.165) is 24.7 Å². The van der Waals surface area contributed by atoms with Crippen LogP contribution in [0.5, 0.6) is 0 Å². The van der Waals surface area contributed by atoms with Crippen LogP contribution >= 0.6 is 0 Å². The van der Waals surface area contributed by atoms with Gasteiger partial charge < -0.3 is 15.5 Å². The number of para-hydroxylation sites is 2. The van der Waals surface area contributed by atoms with E-state index in [9.17, 15) is 14.9 Å². The number of rotatable bonds is 7. The van der Waals surface area contributed by atoms with Crippen molar-refractivity contribution in [1.29, 1.82) is 0 Å². The normalized spacial score (nSPS) is 16.2. The predicted octanol–water partition coefficient (Wildman–Crippen LogP) is 3.88. The third-order valence-electron chi connectivity index (χ3n) is 4.71. The molecule has 0 saturated carbocycles. The average Bonchev–Trinajstić information content (AvgIpc) is 3.09. The fraction of sp³-hybridized carbons (Fsp3) is 0.350. The van der Waals surface area contributed by atoms with Gasteiger partial charge in [0, 0.05) is 43.5 Å². The molecule has 1 heterocycles. The van der Waals surface area contributed by atoms with Crippen molar-refractivity contribution in [2.45, 2.75) is 19.8 Å². The summed E-state index contributed by atoms with van der Waals surface area (Å²) in [4.78, 5) is 25.0. The van der Waals surface area contributed by atoms with E-state index in [1.807, 2.05) is 24.3 Å². The summed E-state index contributed by atoms with van der Waals surface area (Å²) in [5, 5.41) is 16.8. The van der Waals surface area contributed by atoms with E-state index < -0.39 is 4.92 Å². The summed E-state index contributed by atoms with van der Waals surface area (Å²) in [6.07, 6.45) is 1.43. The van der Waals surface area contributed by atoms with Crippen LogP contribution in [0.4, 0.5) is 22.7 Å². The van der Waals surface area contributed by atoms with E-state index in [1.165, 1.54) is 18.2 Å². The van der Waals surface area contributed by atoms with Gasteiger partial charge in [-0.2, -0.15) is 0 Å². The van der Waals surface area contributed by atoms with Gasteiger partial charge in [0.05, 0.1) is 4.92 Å². The minimum Gasteiger partial charge on any atom is -0.379 e. The van der Waals surface area contributed by atoms with Gasteiger partial charge in [0.15, 0.2) is 0 Å². The van der Waals surface area contributed by atoms with Crippen LogP contribution in [-0.2, 0) is 4.79 Å². The van der Waals surface area contributed by atoms with Gasteiger partial charge in [-0.3, -0.25) is 14.9 Å². The van der Waals surface area contributed by atoms with Crippen molar-refractivity contribution in [3.63, 3.8) is 0 Å². The molecule has 1 saturated heterocycles. The lowest BCUT2D eigenvalue weighted by atomic mass is 10.2. The molecule has 1 atom stereocenters. The van der Waals surface area contributed by atoms with E-state index in [4.69, 9.17) is 0 Å². The van der Waals surface area contributed by atoms with Crippen molar-refractivity contribution in [2.24, 2.45) is 5.92 Å². The molecule has 0 bridgehead atoms. The number of hydrogen-bond donors (Lipinski definition) is 2. The molecule has 1 aliphatic rings. The first-order chi connectivity index (χ1) is 13.0. The van der Waals surface area contributed by atoms with E-state index in [-0.39, 0.29) is 18.0 Å². The summed E-state index contributed by atoms with van der Waals surface area (Å²) in [5.41, 5.74) is 2.35. The molecular weight excluding hydrogens is 344 g/mol. The van der Waals surface area contributed by atoms with Gasteiger partial charge in [0.2, 0.25) is 5.91 Å². The summed E-state index contributed by atoms with van der Waals surface area (Å²) in [7, 11) is 0. The summed E-state index contributed by atoms with van der Waals surface area (Å²) >= 11 is 0. The second kappa shape index (κ2) is 8.53. The zero-order valence-electron chi connectivity index (χ0n) is 15.4. The van der Waals surface area contributed by atoms with Gasteiger partial charge in [-0.15, -0.1) is 0 Å². The molecule has 2 aromatic rings. The number of nitro groups is 1. The van der Waals surface area contributed by atoms with Gasteiger partial charge in [-0.1, -0.05) is 19.1 Å². The van der Waals surface area contributed by atoms with Crippen LogP contribution in [0.1, 0.15) is 19.8 Å². The van der Waals surface area contributed by atoms with Crippen molar-refractivity contribution in [2.75, 3.05) is 35.2 Å². The number of nitro benzene ring substituents is 1. The smallest absolute Gasteiger partial charge is 0.292 e. The molecule has 1 unspecified atom stereocenters. The monoisotopic (exact) mass is 368 g/mol. The number of amides is 1. The first kappa shape index (κ1) is 18.7. The molecule has 2 aromatic carbocycles. The third-order valence-corrected chi connectivity index (χ3v) is 4.71. The van der Waals surface area contributed by atoms with E-state index in [0.29, 0.717) is 12.2 Å². The predicted molar refractivity (Wildman–Crippen MR) is 107 cm³/mol. The number of carbonyl (C=O) groups excluding carboxylic acids is 1. The molecule has 1 aliphatic heterocycles. The molecule has 7 heteroatoms. The molecule has 0 aromatic heterocycles. The fourth-order valence-corrected chi connectivity index (χ4v) is 3.24. The Kier molecular flexibility index (Phi) is 5.90. The average molecular weight is 368 g/mol. The highest BCUT2D eigenvalue weighted by atomic mass is 16.6. The minimum absolute atomic E-state index is 0.00438. The van der Waals surface area contributed by atoms with Gasteiger partial charge >= 0.3 is 0 Å². The van der Waals surface area contributed by atoms with E-state index >= 15 is 0 Å². The van der Waals surface area contributed by atoms with Crippen LogP contribution in [0.2, 0.25) is 0 Å². The molecule has 1 fully saturated rings. The van der Waals surface area contributed by atoms with Gasteiger partial charge in [-0.25, -0.2) is 0 Å². The molecule has 142 valence electrons. The molecule has 2 N–H and O–H groups in total. The highest BCUT2D eigenvalue weighted by Gasteiger charge is 2.18. The first-order valence-corrected chi connectivity index (χ1v) is 9.15. The van der Waals surface area contributed by atoms with Gasteiger partial charge in [0.25, 0.3) is 5.69 Å². The topological polar surface area (TPSA) is 87.5 Å². The Morgan fingerprint density at radius 1 is 1.22 bits per heavy atom. The highest BCUT2D eigenvalue weighted by Crippen LogP contribution is 2.25. The van der Waals surface area contributed by atoms with Crippen molar-refractivity contribution in [3.8, 4) is 0 Å². The summed E-state index contributed by atoms with van der Waals surface area (Å²) in [5.74, 6) is 0.584. The van der Waals surface area contributed by atoms with Crippen LogP contribution in [0.3, 0.4) is 0 Å². The quantitative estimate of drug-likeness (QED) is 0.572. The Bertz CT molecular complexity index is 807. The number of nitrogens with one attached hydrogen (secondary N) is 2. The Labute approximate surface area is 158 Å². The molecule has 0 spiro atoms. The second-order valence-corrected chi connectivity index (χ2v) is 6.89. The van der Waals surface area contributed by atoms with Gasteiger partial charge in [-0.05, 0) is 42.7 Å². The zero-order chi connectivity index (χ0) is 19.2. The Hall–Kier alpha value is -3.09. The molecule has 3 rings (SSSR count). The third kappa shape index (κ3) is 4.97. The van der Waals surface area contributed by atoms with Crippen LogP contribution in [0.15, 0.2) is 48.5 Å². The summed E-state index contributed by atoms with van der Waals surface area (Å²) < 4.78 is 0. The van der Waals surface area contributed by atoms with Crippen LogP contribution in [0.25, 0.3) is 0 Å². The molecule has 27 heavy (non-hydrogen) atoms. The Balaban J connectivity index is 1.48. The van der Waals surface area contributed by atoms with Crippen LogP contribution < -0.4 is 15.5 Å². The van der Waals surface area contributed by atoms with Gasteiger partial charge in [0.1, 0.15) is 5.69 Å². The standard InChI is InChI=1S/C20H24N4O3/c1-15-11-13-23(14-15)17-8-6-16(7-9-17)22-20(25)10-12-21-18-4-2-3-5-19(18)24(26)27/h2-9,15,21H,10-14H2,1H3,(H,22,25). The van der Waals surface area contributed by atoms with Crippen molar-refractivity contribution in [1.82, 2.24) is 0 Å². The maximum atomic E-state index is 12.1. The molecular formula is C20H24N4O3. The Morgan fingerprint density at radius 3 is 2.63 bits per heavy atom. The summed E-state index contributed by atoms with van der Waals surface area (Å²) in [6.45, 7) is 4.72. The fourth-order valence-electron chi connectivity index (χ4n) is 3.24. The second-order valence-electron chi connectivity index (χ2n) is 6.89. The highest BCUT2D eigenvalue weighted by molar-refractivity contribution is 5.91. The minimum atomic E-state index is -0.439. The molecule has 0 radical (unpaired) electrons. The number of hydrogen-bond acceptors (Lipinski definition) is 5. The lowest BCUT2D eigenvalue weighted by Gasteiger charge is -2.18. The largest absolute Gasteiger partial charge is 0.379 e. The van der Waals surface area contributed by atoms with Crippen molar-refractivity contribution >= 4 is 28.7 Å². The van der Waals surface area contributed by atoms with E-state index in [1.54, 1.807) is 18.2 Å². The first-order valence-electron chi connectivity index (χ1n) is 9.15. The van der Waals surface area contributed by atoms with Crippen molar-refractivity contribution in [3.05, 3.63) is 58.6 Å². The Morgan fingerprint density at radius 2 is 1.96 bits per heavy atom. The number of carbonyl (C=O) groups is 1.